The van der Waals surface area contributed by atoms with E-state index in [0.29, 0.717) is 4.75 Å². The van der Waals surface area contributed by atoms with Crippen LogP contribution >= 0.6 is 35.7 Å². The van der Waals surface area contributed by atoms with Gasteiger partial charge in [-0.2, -0.15) is 16.9 Å². The first-order chi connectivity index (χ1) is 9.22. The molecular weight excluding hydrogens is 385 g/mol. The topological polar surface area (TPSA) is 54.2 Å². The highest BCUT2D eigenvalue weighted by Gasteiger charge is 2.29. The van der Waals surface area contributed by atoms with Crippen molar-refractivity contribution in [3.8, 4) is 0 Å². The fourth-order valence-electron chi connectivity index (χ4n) is 2.19. The molecule has 0 radical (unpaired) electrons. The van der Waals surface area contributed by atoms with Gasteiger partial charge in [0.05, 0.1) is 6.54 Å². The summed E-state index contributed by atoms with van der Waals surface area (Å²) in [5, 5.41) is 10.9. The van der Waals surface area contributed by atoms with E-state index >= 15 is 0 Å². The van der Waals surface area contributed by atoms with Crippen molar-refractivity contribution in [2.45, 2.75) is 31.1 Å². The third-order valence-electron chi connectivity index (χ3n) is 3.35. The number of aliphatic imine (C=N–C) groups is 1. The summed E-state index contributed by atoms with van der Waals surface area (Å²) >= 11 is 2.06. The van der Waals surface area contributed by atoms with Gasteiger partial charge in [-0.1, -0.05) is 0 Å². The molecule has 1 unspecified atom stereocenters. The van der Waals surface area contributed by atoms with Crippen LogP contribution in [-0.2, 0) is 6.54 Å². The van der Waals surface area contributed by atoms with Crippen molar-refractivity contribution in [3.05, 3.63) is 18.5 Å². The van der Waals surface area contributed by atoms with E-state index in [2.05, 4.69) is 39.4 Å². The molecule has 5 nitrogen and oxygen atoms in total. The molecule has 0 saturated carbocycles. The lowest BCUT2D eigenvalue weighted by atomic mass is 10.1. The molecule has 1 atom stereocenters. The normalized spacial score (nSPS) is 22.4. The number of hydrogen-bond acceptors (Lipinski definition) is 3. The Kier molecular flexibility index (Phi) is 7.71. The lowest BCUT2D eigenvalue weighted by molar-refractivity contribution is 0.572. The van der Waals surface area contributed by atoms with E-state index in [-0.39, 0.29) is 24.0 Å². The first-order valence-electron chi connectivity index (χ1n) is 6.78. The zero-order chi connectivity index (χ0) is 13.6. The second-order valence-electron chi connectivity index (χ2n) is 5.02. The molecule has 1 aliphatic rings. The van der Waals surface area contributed by atoms with Crippen LogP contribution in [0.1, 0.15) is 19.8 Å². The van der Waals surface area contributed by atoms with Gasteiger partial charge < -0.3 is 10.6 Å². The van der Waals surface area contributed by atoms with Crippen molar-refractivity contribution in [1.29, 1.82) is 0 Å². The number of thioether (sulfide) groups is 1. The number of aromatic nitrogens is 2. The molecule has 0 spiro atoms. The second kappa shape index (κ2) is 8.76. The Morgan fingerprint density at radius 3 is 2.95 bits per heavy atom. The summed E-state index contributed by atoms with van der Waals surface area (Å²) in [6.45, 7) is 4.97. The molecule has 1 saturated heterocycles. The van der Waals surface area contributed by atoms with E-state index in [1.807, 2.05) is 24.0 Å². The van der Waals surface area contributed by atoms with Crippen molar-refractivity contribution in [1.82, 2.24) is 20.4 Å². The molecule has 2 heterocycles. The molecule has 2 rings (SSSR count). The number of halogens is 1. The van der Waals surface area contributed by atoms with Crippen molar-refractivity contribution in [2.75, 3.05) is 25.9 Å². The minimum Gasteiger partial charge on any atom is -0.355 e. The molecule has 1 aromatic heterocycles. The Morgan fingerprint density at radius 1 is 1.50 bits per heavy atom. The Hall–Kier alpha value is -0.440. The number of guanidine groups is 1. The molecule has 0 bridgehead atoms. The van der Waals surface area contributed by atoms with Gasteiger partial charge in [-0.15, -0.1) is 24.0 Å². The average molecular weight is 409 g/mol. The van der Waals surface area contributed by atoms with E-state index < -0.39 is 0 Å². The minimum absolute atomic E-state index is 0. The maximum atomic E-state index is 4.25. The summed E-state index contributed by atoms with van der Waals surface area (Å²) in [5.41, 5.74) is 0. The van der Waals surface area contributed by atoms with Gasteiger partial charge in [-0.05, 0) is 31.6 Å². The van der Waals surface area contributed by atoms with Crippen LogP contribution in [0.15, 0.2) is 23.5 Å². The van der Waals surface area contributed by atoms with Gasteiger partial charge in [-0.25, -0.2) is 0 Å². The first kappa shape index (κ1) is 17.6. The monoisotopic (exact) mass is 409 g/mol. The second-order valence-corrected chi connectivity index (χ2v) is 6.71. The molecule has 20 heavy (non-hydrogen) atoms. The van der Waals surface area contributed by atoms with Gasteiger partial charge in [0.25, 0.3) is 0 Å². The van der Waals surface area contributed by atoms with E-state index in [1.165, 1.54) is 18.6 Å². The van der Waals surface area contributed by atoms with Gasteiger partial charge in [0.1, 0.15) is 0 Å². The quantitative estimate of drug-likeness (QED) is 0.444. The fraction of sp³-hybridized carbons (Fsp3) is 0.692. The molecule has 0 aliphatic carbocycles. The van der Waals surface area contributed by atoms with Crippen molar-refractivity contribution in [3.63, 3.8) is 0 Å². The number of nitrogens with one attached hydrogen (secondary N) is 2. The Bertz CT molecular complexity index is 401. The van der Waals surface area contributed by atoms with Crippen LogP contribution in [0.25, 0.3) is 0 Å². The standard InChI is InChI=1S/C13H23N5S.HI/c1-13(5-3-10-19-13)11-16-12(14-2)15-7-9-18-8-4-6-17-18;/h4,6,8H,3,5,7,9-11H2,1-2H3,(H2,14,15,16);1H. The number of rotatable bonds is 5. The molecule has 114 valence electrons. The van der Waals surface area contributed by atoms with Gasteiger partial charge >= 0.3 is 0 Å². The van der Waals surface area contributed by atoms with Crippen LogP contribution in [0.3, 0.4) is 0 Å². The fourth-order valence-corrected chi connectivity index (χ4v) is 3.43. The third-order valence-corrected chi connectivity index (χ3v) is 4.88. The predicted molar refractivity (Wildman–Crippen MR) is 97.1 cm³/mol. The van der Waals surface area contributed by atoms with Gasteiger partial charge in [0.15, 0.2) is 5.96 Å². The summed E-state index contributed by atoms with van der Waals surface area (Å²) in [7, 11) is 1.81. The van der Waals surface area contributed by atoms with Crippen molar-refractivity contribution < 1.29 is 0 Å². The maximum Gasteiger partial charge on any atom is 0.191 e. The Labute approximate surface area is 142 Å². The van der Waals surface area contributed by atoms with E-state index in [4.69, 9.17) is 0 Å². The van der Waals surface area contributed by atoms with E-state index in [9.17, 15) is 0 Å². The molecule has 0 aromatic carbocycles. The zero-order valence-corrected chi connectivity index (χ0v) is 15.3. The van der Waals surface area contributed by atoms with Gasteiger partial charge in [0, 0.05) is 37.3 Å². The Morgan fingerprint density at radius 2 is 2.35 bits per heavy atom. The van der Waals surface area contributed by atoms with Gasteiger partial charge in [0.2, 0.25) is 0 Å². The van der Waals surface area contributed by atoms with Crippen LogP contribution in [0, 0.1) is 0 Å². The van der Waals surface area contributed by atoms with Crippen LogP contribution < -0.4 is 10.6 Å². The molecule has 1 aliphatic heterocycles. The SMILES string of the molecule is CN=C(NCCn1cccn1)NCC1(C)CCCS1.I. The van der Waals surface area contributed by atoms with Gasteiger partial charge in [-0.3, -0.25) is 9.67 Å². The predicted octanol–water partition coefficient (Wildman–Crippen LogP) is 1.95. The lowest BCUT2D eigenvalue weighted by Gasteiger charge is -2.24. The zero-order valence-electron chi connectivity index (χ0n) is 12.1. The summed E-state index contributed by atoms with van der Waals surface area (Å²) < 4.78 is 2.27. The minimum atomic E-state index is 0. The Balaban J connectivity index is 0.00000200. The number of hydrogen-bond donors (Lipinski definition) is 2. The molecule has 1 fully saturated rings. The van der Waals surface area contributed by atoms with Crippen LogP contribution in [-0.4, -0.2) is 46.4 Å². The average Bonchev–Trinajstić information content (AvgIpc) is 3.06. The smallest absolute Gasteiger partial charge is 0.191 e. The lowest BCUT2D eigenvalue weighted by Crippen LogP contribution is -2.44. The summed E-state index contributed by atoms with van der Waals surface area (Å²) in [5.74, 6) is 2.16. The third kappa shape index (κ3) is 5.51. The molecule has 1 aromatic rings. The first-order valence-corrected chi connectivity index (χ1v) is 7.76. The molecular formula is C13H24IN5S. The maximum absolute atomic E-state index is 4.25. The number of nitrogens with zero attached hydrogens (tertiary/aromatic N) is 3. The van der Waals surface area contributed by atoms with Crippen molar-refractivity contribution in [2.24, 2.45) is 4.99 Å². The highest BCUT2D eigenvalue weighted by Crippen LogP contribution is 2.36. The summed E-state index contributed by atoms with van der Waals surface area (Å²) in [6.07, 6.45) is 6.38. The van der Waals surface area contributed by atoms with E-state index in [0.717, 1.165) is 25.6 Å². The highest BCUT2D eigenvalue weighted by atomic mass is 127. The largest absolute Gasteiger partial charge is 0.355 e. The van der Waals surface area contributed by atoms with Crippen molar-refractivity contribution >= 4 is 41.7 Å². The molecule has 2 N–H and O–H groups in total. The summed E-state index contributed by atoms with van der Waals surface area (Å²) in [4.78, 5) is 4.25. The van der Waals surface area contributed by atoms with Crippen LogP contribution in [0.4, 0.5) is 0 Å². The van der Waals surface area contributed by atoms with E-state index in [1.54, 1.807) is 6.20 Å². The highest BCUT2D eigenvalue weighted by molar-refractivity contribution is 14.0. The van der Waals surface area contributed by atoms with Crippen LogP contribution in [0.2, 0.25) is 0 Å². The summed E-state index contributed by atoms with van der Waals surface area (Å²) in [6, 6.07) is 1.94. The molecule has 7 heteroatoms. The molecule has 0 amide bonds. The van der Waals surface area contributed by atoms with Crippen LogP contribution in [0.5, 0.6) is 0 Å².